The molecule has 1 heterocycles. The van der Waals surface area contributed by atoms with Gasteiger partial charge in [0.1, 0.15) is 0 Å². The Morgan fingerprint density at radius 2 is 2.00 bits per heavy atom. The highest BCUT2D eigenvalue weighted by atomic mass is 32.2. The summed E-state index contributed by atoms with van der Waals surface area (Å²) >= 11 is 0. The molecule has 0 amide bonds. The van der Waals surface area contributed by atoms with Crippen LogP contribution in [0.5, 0.6) is 0 Å². The van der Waals surface area contributed by atoms with Gasteiger partial charge in [-0.3, -0.25) is 0 Å². The van der Waals surface area contributed by atoms with Crippen LogP contribution in [0.3, 0.4) is 0 Å². The van der Waals surface area contributed by atoms with Gasteiger partial charge in [-0.15, -0.1) is 6.58 Å². The molecule has 2 rings (SSSR count). The molecular weight excluding hydrogens is 246 g/mol. The Morgan fingerprint density at radius 3 is 2.50 bits per heavy atom. The van der Waals surface area contributed by atoms with E-state index in [1.807, 2.05) is 25.1 Å². The highest BCUT2D eigenvalue weighted by molar-refractivity contribution is 7.89. The zero-order valence-corrected chi connectivity index (χ0v) is 11.2. The predicted octanol–water partition coefficient (Wildman–Crippen LogP) is 2.44. The van der Waals surface area contributed by atoms with Gasteiger partial charge in [0.05, 0.1) is 4.90 Å². The van der Waals surface area contributed by atoms with Crippen LogP contribution in [0.1, 0.15) is 6.92 Å². The smallest absolute Gasteiger partial charge is 0.207 e. The highest BCUT2D eigenvalue weighted by Crippen LogP contribution is 2.28. The molecule has 3 nitrogen and oxygen atoms in total. The van der Waals surface area contributed by atoms with Gasteiger partial charge in [0.2, 0.25) is 10.0 Å². The quantitative estimate of drug-likeness (QED) is 0.785. The molecule has 0 saturated carbocycles. The van der Waals surface area contributed by atoms with Crippen LogP contribution in [0.25, 0.3) is 0 Å². The van der Waals surface area contributed by atoms with E-state index in [2.05, 4.69) is 6.58 Å². The van der Waals surface area contributed by atoms with Crippen molar-refractivity contribution >= 4 is 10.0 Å². The summed E-state index contributed by atoms with van der Waals surface area (Å²) in [7, 11) is -3.38. The number of benzene rings is 1. The van der Waals surface area contributed by atoms with Crippen LogP contribution in [0.2, 0.25) is 0 Å². The molecule has 0 bridgehead atoms. The number of allylic oxidation sites excluding steroid dienone is 1. The van der Waals surface area contributed by atoms with Gasteiger partial charge in [0.25, 0.3) is 0 Å². The number of sulfonamides is 1. The maximum absolute atomic E-state index is 12.4. The third-order valence-electron chi connectivity index (χ3n) is 3.27. The second-order valence-electron chi connectivity index (χ2n) is 4.32. The molecule has 18 heavy (non-hydrogen) atoms. The van der Waals surface area contributed by atoms with Crippen molar-refractivity contribution in [2.45, 2.75) is 11.8 Å². The Kier molecular flexibility index (Phi) is 3.68. The van der Waals surface area contributed by atoms with E-state index in [1.54, 1.807) is 24.3 Å². The van der Waals surface area contributed by atoms with E-state index in [-0.39, 0.29) is 5.92 Å². The number of nitrogens with zero attached hydrogens (tertiary/aromatic N) is 1. The van der Waals surface area contributed by atoms with Crippen molar-refractivity contribution in [3.05, 3.63) is 54.6 Å². The van der Waals surface area contributed by atoms with E-state index in [4.69, 9.17) is 0 Å². The van der Waals surface area contributed by atoms with E-state index in [9.17, 15) is 8.42 Å². The zero-order chi connectivity index (χ0) is 13.2. The molecule has 0 aliphatic carbocycles. The lowest BCUT2D eigenvalue weighted by Gasteiger charge is -2.15. The summed E-state index contributed by atoms with van der Waals surface area (Å²) in [4.78, 5) is 0.352. The van der Waals surface area contributed by atoms with Crippen LogP contribution in [-0.4, -0.2) is 25.8 Å². The lowest BCUT2D eigenvalue weighted by atomic mass is 10.0. The van der Waals surface area contributed by atoms with Crippen LogP contribution in [0.15, 0.2) is 59.5 Å². The third-order valence-corrected chi connectivity index (χ3v) is 5.10. The van der Waals surface area contributed by atoms with Gasteiger partial charge in [0.15, 0.2) is 0 Å². The highest BCUT2D eigenvalue weighted by Gasteiger charge is 2.33. The lowest BCUT2D eigenvalue weighted by molar-refractivity contribution is 0.471. The van der Waals surface area contributed by atoms with Gasteiger partial charge in [-0.05, 0) is 19.1 Å². The van der Waals surface area contributed by atoms with E-state index in [1.165, 1.54) is 4.31 Å². The first kappa shape index (κ1) is 13.1. The van der Waals surface area contributed by atoms with Crippen LogP contribution >= 0.6 is 0 Å². The molecule has 1 aromatic rings. The largest absolute Gasteiger partial charge is 0.243 e. The maximum atomic E-state index is 12.4. The average molecular weight is 263 g/mol. The summed E-state index contributed by atoms with van der Waals surface area (Å²) in [5, 5.41) is 0. The number of hydrogen-bond acceptors (Lipinski definition) is 2. The maximum Gasteiger partial charge on any atom is 0.243 e. The SMILES string of the molecule is C=CC1CN(S(=O)(=O)c2ccccc2)C/C1=C\C. The minimum absolute atomic E-state index is 0.133. The van der Waals surface area contributed by atoms with Crippen molar-refractivity contribution in [3.8, 4) is 0 Å². The van der Waals surface area contributed by atoms with Crippen molar-refractivity contribution in [2.24, 2.45) is 5.92 Å². The molecular formula is C14H17NO2S. The summed E-state index contributed by atoms with van der Waals surface area (Å²) in [5.41, 5.74) is 1.12. The molecule has 1 unspecified atom stereocenters. The summed E-state index contributed by atoms with van der Waals surface area (Å²) in [5.74, 6) is 0.133. The Bertz CT molecular complexity index is 561. The standard InChI is InChI=1S/C14H17NO2S/c1-3-12-10-15(11-13(12)4-2)18(16,17)14-8-6-5-7-9-14/h3-9,12H,1,10-11H2,2H3/b13-4+. The molecule has 0 aromatic heterocycles. The lowest BCUT2D eigenvalue weighted by Crippen LogP contribution is -2.28. The monoisotopic (exact) mass is 263 g/mol. The zero-order valence-electron chi connectivity index (χ0n) is 10.4. The van der Waals surface area contributed by atoms with Gasteiger partial charge < -0.3 is 0 Å². The summed E-state index contributed by atoms with van der Waals surface area (Å²) in [6, 6.07) is 8.56. The fourth-order valence-electron chi connectivity index (χ4n) is 2.18. The van der Waals surface area contributed by atoms with Gasteiger partial charge in [-0.2, -0.15) is 4.31 Å². The van der Waals surface area contributed by atoms with Crippen LogP contribution in [-0.2, 0) is 10.0 Å². The van der Waals surface area contributed by atoms with Crippen LogP contribution in [0, 0.1) is 5.92 Å². The van der Waals surface area contributed by atoms with Crippen molar-refractivity contribution in [2.75, 3.05) is 13.1 Å². The molecule has 4 heteroatoms. The first-order valence-electron chi connectivity index (χ1n) is 5.92. The summed E-state index contributed by atoms with van der Waals surface area (Å²) in [6.07, 6.45) is 3.79. The molecule has 1 aliphatic heterocycles. The third kappa shape index (κ3) is 2.26. The second-order valence-corrected chi connectivity index (χ2v) is 6.25. The van der Waals surface area contributed by atoms with Gasteiger partial charge in [-0.25, -0.2) is 8.42 Å². The first-order valence-corrected chi connectivity index (χ1v) is 7.36. The van der Waals surface area contributed by atoms with E-state index in [0.29, 0.717) is 18.0 Å². The van der Waals surface area contributed by atoms with E-state index < -0.39 is 10.0 Å². The Morgan fingerprint density at radius 1 is 1.33 bits per heavy atom. The van der Waals surface area contributed by atoms with Gasteiger partial charge >= 0.3 is 0 Å². The first-order chi connectivity index (χ1) is 8.59. The Hall–Kier alpha value is -1.39. The summed E-state index contributed by atoms with van der Waals surface area (Å²) < 4.78 is 26.4. The molecule has 96 valence electrons. The number of rotatable bonds is 3. The fourth-order valence-corrected chi connectivity index (χ4v) is 3.65. The molecule has 1 fully saturated rings. The van der Waals surface area contributed by atoms with Crippen LogP contribution in [0.4, 0.5) is 0 Å². The molecule has 0 spiro atoms. The fraction of sp³-hybridized carbons (Fsp3) is 0.286. The molecule has 1 aliphatic rings. The van der Waals surface area contributed by atoms with Crippen molar-refractivity contribution in [3.63, 3.8) is 0 Å². The van der Waals surface area contributed by atoms with Gasteiger partial charge in [0, 0.05) is 19.0 Å². The number of hydrogen-bond donors (Lipinski definition) is 0. The van der Waals surface area contributed by atoms with Crippen molar-refractivity contribution in [1.82, 2.24) is 4.31 Å². The minimum Gasteiger partial charge on any atom is -0.207 e. The van der Waals surface area contributed by atoms with Crippen molar-refractivity contribution < 1.29 is 8.42 Å². The molecule has 1 aromatic carbocycles. The summed E-state index contributed by atoms with van der Waals surface area (Å²) in [6.45, 7) is 6.65. The topological polar surface area (TPSA) is 37.4 Å². The predicted molar refractivity (Wildman–Crippen MR) is 72.6 cm³/mol. The minimum atomic E-state index is -3.38. The second kappa shape index (κ2) is 5.08. The molecule has 0 N–H and O–H groups in total. The molecule has 1 saturated heterocycles. The average Bonchev–Trinajstić information content (AvgIpc) is 2.83. The van der Waals surface area contributed by atoms with Crippen LogP contribution < -0.4 is 0 Å². The van der Waals surface area contributed by atoms with E-state index in [0.717, 1.165) is 5.57 Å². The van der Waals surface area contributed by atoms with Crippen molar-refractivity contribution in [1.29, 1.82) is 0 Å². The Balaban J connectivity index is 2.32. The molecule has 0 radical (unpaired) electrons. The molecule has 1 atom stereocenters. The Labute approximate surface area is 108 Å². The normalized spacial score (nSPS) is 23.4. The van der Waals surface area contributed by atoms with E-state index >= 15 is 0 Å². The van der Waals surface area contributed by atoms with Gasteiger partial charge in [-0.1, -0.05) is 35.9 Å².